The molecule has 0 aromatic heterocycles. The van der Waals surface area contributed by atoms with Crippen molar-refractivity contribution in [3.05, 3.63) is 29.8 Å². The zero-order chi connectivity index (χ0) is 18.4. The molecular formula is C20H27NO5. The van der Waals surface area contributed by atoms with Crippen LogP contribution in [0.1, 0.15) is 25.3 Å². The third-order valence-corrected chi connectivity index (χ3v) is 4.82. The summed E-state index contributed by atoms with van der Waals surface area (Å²) >= 11 is 0. The Morgan fingerprint density at radius 3 is 2.62 bits per heavy atom. The Bertz CT molecular complexity index is 631. The number of ether oxygens (including phenoxy) is 4. The molecule has 26 heavy (non-hydrogen) atoms. The number of amides is 1. The number of methoxy groups -OCH3 is 1. The van der Waals surface area contributed by atoms with Crippen molar-refractivity contribution in [1.29, 1.82) is 0 Å². The molecule has 2 aliphatic heterocycles. The molecule has 3 rings (SSSR count). The molecule has 0 radical (unpaired) electrons. The van der Waals surface area contributed by atoms with Gasteiger partial charge in [0.15, 0.2) is 24.4 Å². The van der Waals surface area contributed by atoms with Crippen molar-refractivity contribution < 1.29 is 23.7 Å². The smallest absolute Gasteiger partial charge is 0.260 e. The van der Waals surface area contributed by atoms with E-state index >= 15 is 0 Å². The van der Waals surface area contributed by atoms with Crippen molar-refractivity contribution in [2.45, 2.75) is 26.1 Å². The second-order valence-electron chi connectivity index (χ2n) is 6.53. The van der Waals surface area contributed by atoms with E-state index in [0.29, 0.717) is 43.7 Å². The van der Waals surface area contributed by atoms with E-state index in [9.17, 15) is 4.79 Å². The van der Waals surface area contributed by atoms with Crippen molar-refractivity contribution in [2.75, 3.05) is 40.0 Å². The molecule has 2 saturated heterocycles. The predicted molar refractivity (Wildman–Crippen MR) is 98.2 cm³/mol. The number of likely N-dealkylation sites (tertiary alicyclic amines) is 1. The maximum atomic E-state index is 12.5. The molecule has 142 valence electrons. The normalized spacial score (nSPS) is 19.2. The Morgan fingerprint density at radius 1 is 1.23 bits per heavy atom. The van der Waals surface area contributed by atoms with Gasteiger partial charge in [-0.3, -0.25) is 4.79 Å². The van der Waals surface area contributed by atoms with Crippen molar-refractivity contribution in [2.24, 2.45) is 5.92 Å². The molecule has 1 aromatic carbocycles. The highest BCUT2D eigenvalue weighted by Crippen LogP contribution is 2.29. The van der Waals surface area contributed by atoms with E-state index in [1.54, 1.807) is 7.11 Å². The predicted octanol–water partition coefficient (Wildman–Crippen LogP) is 2.72. The van der Waals surface area contributed by atoms with Gasteiger partial charge < -0.3 is 23.8 Å². The summed E-state index contributed by atoms with van der Waals surface area (Å²) in [5.74, 6) is 1.58. The summed E-state index contributed by atoms with van der Waals surface area (Å²) in [5, 5.41) is 0. The van der Waals surface area contributed by atoms with Gasteiger partial charge in [0.25, 0.3) is 5.91 Å². The first-order chi connectivity index (χ1) is 12.7. The molecule has 0 saturated carbocycles. The molecule has 0 bridgehead atoms. The molecule has 2 aliphatic rings. The zero-order valence-corrected chi connectivity index (χ0v) is 15.5. The lowest BCUT2D eigenvalue weighted by atomic mass is 9.96. The second-order valence-corrected chi connectivity index (χ2v) is 6.53. The van der Waals surface area contributed by atoms with Gasteiger partial charge in [0.2, 0.25) is 0 Å². The van der Waals surface area contributed by atoms with E-state index in [-0.39, 0.29) is 18.8 Å². The summed E-state index contributed by atoms with van der Waals surface area (Å²) in [6.45, 7) is 4.75. The molecule has 0 unspecified atom stereocenters. The topological polar surface area (TPSA) is 57.2 Å². The Balaban J connectivity index is 1.49. The van der Waals surface area contributed by atoms with E-state index < -0.39 is 0 Å². The van der Waals surface area contributed by atoms with Gasteiger partial charge in [-0.15, -0.1) is 0 Å². The van der Waals surface area contributed by atoms with Crippen LogP contribution < -0.4 is 9.47 Å². The summed E-state index contributed by atoms with van der Waals surface area (Å²) in [5.41, 5.74) is 1.03. The fourth-order valence-corrected chi connectivity index (χ4v) is 3.40. The van der Waals surface area contributed by atoms with Crippen molar-refractivity contribution in [1.82, 2.24) is 4.90 Å². The minimum Gasteiger partial charge on any atom is -0.493 e. The lowest BCUT2D eigenvalue weighted by Gasteiger charge is -2.33. The fourth-order valence-electron chi connectivity index (χ4n) is 3.40. The highest BCUT2D eigenvalue weighted by Gasteiger charge is 2.31. The van der Waals surface area contributed by atoms with Crippen LogP contribution in [0.3, 0.4) is 0 Å². The van der Waals surface area contributed by atoms with Crippen molar-refractivity contribution >= 4 is 12.0 Å². The van der Waals surface area contributed by atoms with Crippen LogP contribution in [0.5, 0.6) is 11.5 Å². The van der Waals surface area contributed by atoms with Gasteiger partial charge in [-0.05, 0) is 37.5 Å². The average molecular weight is 361 g/mol. The van der Waals surface area contributed by atoms with Crippen LogP contribution in [0.15, 0.2) is 24.3 Å². The number of allylic oxidation sites excluding steroid dienone is 1. The van der Waals surface area contributed by atoms with Gasteiger partial charge in [0, 0.05) is 19.0 Å². The lowest BCUT2D eigenvalue weighted by Crippen LogP contribution is -2.43. The number of benzene rings is 1. The Kier molecular flexibility index (Phi) is 6.52. The fraction of sp³-hybridized carbons (Fsp3) is 0.550. The zero-order valence-electron chi connectivity index (χ0n) is 15.5. The molecule has 0 aliphatic carbocycles. The quantitative estimate of drug-likeness (QED) is 0.780. The summed E-state index contributed by atoms with van der Waals surface area (Å²) < 4.78 is 22.2. The number of hydrogen-bond donors (Lipinski definition) is 0. The van der Waals surface area contributed by atoms with Gasteiger partial charge in [-0.2, -0.15) is 0 Å². The molecule has 0 spiro atoms. The minimum atomic E-state index is -0.0940. The minimum absolute atomic E-state index is 0.00343. The first-order valence-electron chi connectivity index (χ1n) is 9.15. The van der Waals surface area contributed by atoms with E-state index in [0.717, 1.165) is 18.4 Å². The lowest BCUT2D eigenvalue weighted by molar-refractivity contribution is -0.138. The molecule has 0 N–H and O–H groups in total. The number of carbonyl (C=O) groups is 1. The largest absolute Gasteiger partial charge is 0.493 e. The van der Waals surface area contributed by atoms with Gasteiger partial charge in [-0.25, -0.2) is 0 Å². The Morgan fingerprint density at radius 2 is 1.96 bits per heavy atom. The number of rotatable bonds is 6. The van der Waals surface area contributed by atoms with Gasteiger partial charge in [0.1, 0.15) is 0 Å². The monoisotopic (exact) mass is 361 g/mol. The number of piperidine rings is 1. The summed E-state index contributed by atoms with van der Waals surface area (Å²) in [6.07, 6.45) is 5.66. The standard InChI is InChI=1S/C20H27NO5/c1-3-4-15-5-6-17(18(13-15)23-2)26-14-19(22)21-9-7-16(8-10-21)20-24-11-12-25-20/h3-6,13,16,20H,7-12,14H2,1-2H3/b4-3+. The highest BCUT2D eigenvalue weighted by atomic mass is 16.7. The van der Waals surface area contributed by atoms with Crippen LogP contribution in [0.2, 0.25) is 0 Å². The highest BCUT2D eigenvalue weighted by molar-refractivity contribution is 5.78. The number of hydrogen-bond acceptors (Lipinski definition) is 5. The van der Waals surface area contributed by atoms with Crippen LogP contribution in [-0.4, -0.2) is 57.1 Å². The molecule has 0 atom stereocenters. The molecular weight excluding hydrogens is 334 g/mol. The van der Waals surface area contributed by atoms with E-state index in [4.69, 9.17) is 18.9 Å². The third kappa shape index (κ3) is 4.56. The molecule has 1 amide bonds. The molecule has 2 heterocycles. The Hall–Kier alpha value is -2.05. The molecule has 2 fully saturated rings. The van der Waals surface area contributed by atoms with Crippen molar-refractivity contribution in [3.8, 4) is 11.5 Å². The summed E-state index contributed by atoms with van der Waals surface area (Å²) in [6, 6.07) is 5.67. The van der Waals surface area contributed by atoms with E-state index in [2.05, 4.69) is 0 Å². The maximum Gasteiger partial charge on any atom is 0.260 e. The van der Waals surface area contributed by atoms with Gasteiger partial charge in [0.05, 0.1) is 20.3 Å². The number of carbonyl (C=O) groups excluding carboxylic acids is 1. The van der Waals surface area contributed by atoms with Crippen LogP contribution in [0, 0.1) is 5.92 Å². The average Bonchev–Trinajstić information content (AvgIpc) is 3.22. The van der Waals surface area contributed by atoms with Crippen LogP contribution in [-0.2, 0) is 14.3 Å². The van der Waals surface area contributed by atoms with Gasteiger partial charge >= 0.3 is 0 Å². The molecule has 6 heteroatoms. The SMILES string of the molecule is C/C=C/c1ccc(OCC(=O)N2CCC(C3OCCO3)CC2)c(OC)c1. The maximum absolute atomic E-state index is 12.5. The van der Waals surface area contributed by atoms with Crippen LogP contribution in [0.25, 0.3) is 6.08 Å². The van der Waals surface area contributed by atoms with Crippen LogP contribution in [0.4, 0.5) is 0 Å². The first-order valence-corrected chi connectivity index (χ1v) is 9.15. The summed E-state index contributed by atoms with van der Waals surface area (Å²) in [4.78, 5) is 14.3. The number of nitrogens with zero attached hydrogens (tertiary/aromatic N) is 1. The van der Waals surface area contributed by atoms with Crippen LogP contribution >= 0.6 is 0 Å². The van der Waals surface area contributed by atoms with Gasteiger partial charge in [-0.1, -0.05) is 18.2 Å². The third-order valence-electron chi connectivity index (χ3n) is 4.82. The van der Waals surface area contributed by atoms with E-state index in [1.165, 1.54) is 0 Å². The molecule has 1 aromatic rings. The van der Waals surface area contributed by atoms with E-state index in [1.807, 2.05) is 42.2 Å². The summed E-state index contributed by atoms with van der Waals surface area (Å²) in [7, 11) is 1.60. The first kappa shape index (κ1) is 18.7. The molecule has 6 nitrogen and oxygen atoms in total. The Labute approximate surface area is 154 Å². The second kappa shape index (κ2) is 9.05. The van der Waals surface area contributed by atoms with Crippen molar-refractivity contribution in [3.63, 3.8) is 0 Å².